The zero-order valence-corrected chi connectivity index (χ0v) is 6.89. The predicted octanol–water partition coefficient (Wildman–Crippen LogP) is 1.42. The van der Waals surface area contributed by atoms with Crippen LogP contribution < -0.4 is 5.11 Å². The normalized spacial score (nSPS) is 9.80. The van der Waals surface area contributed by atoms with Gasteiger partial charge in [0.2, 0.25) is 0 Å². The van der Waals surface area contributed by atoms with Gasteiger partial charge in [-0.1, -0.05) is 23.2 Å². The van der Waals surface area contributed by atoms with E-state index in [4.69, 9.17) is 23.2 Å². The summed E-state index contributed by atoms with van der Waals surface area (Å²) in [5, 5.41) is 10.2. The van der Waals surface area contributed by atoms with E-state index in [2.05, 4.69) is 0 Å². The summed E-state index contributed by atoms with van der Waals surface area (Å²) in [4.78, 5) is 10.2. The minimum Gasteiger partial charge on any atom is -0.545 e. The van der Waals surface area contributed by atoms with Crippen LogP contribution in [0.2, 0.25) is 8.67 Å². The van der Waals surface area contributed by atoms with Crippen LogP contribution in [-0.4, -0.2) is 5.97 Å². The molecule has 2 nitrogen and oxygen atoms in total. The SMILES string of the molecule is O=C([O-])c1cc(Cl)sc1Cl. The number of rotatable bonds is 1. The van der Waals surface area contributed by atoms with Crippen molar-refractivity contribution in [1.29, 1.82) is 0 Å². The maximum Gasteiger partial charge on any atom is 0.103 e. The number of hydrogen-bond donors (Lipinski definition) is 0. The van der Waals surface area contributed by atoms with Crippen LogP contribution >= 0.6 is 34.5 Å². The molecule has 0 aliphatic rings. The molecule has 0 spiro atoms. The summed E-state index contributed by atoms with van der Waals surface area (Å²) in [6, 6.07) is 1.27. The van der Waals surface area contributed by atoms with Crippen LogP contribution in [0.15, 0.2) is 6.07 Å². The first-order chi connectivity index (χ1) is 4.61. The van der Waals surface area contributed by atoms with E-state index in [1.807, 2.05) is 0 Å². The van der Waals surface area contributed by atoms with Gasteiger partial charge in [-0.05, 0) is 6.07 Å². The first-order valence-corrected chi connectivity index (χ1v) is 3.84. The van der Waals surface area contributed by atoms with Crippen LogP contribution in [-0.2, 0) is 0 Å². The lowest BCUT2D eigenvalue weighted by molar-refractivity contribution is -0.254. The summed E-state index contributed by atoms with van der Waals surface area (Å²) in [7, 11) is 0. The van der Waals surface area contributed by atoms with Gasteiger partial charge in [-0.15, -0.1) is 11.3 Å². The van der Waals surface area contributed by atoms with Gasteiger partial charge < -0.3 is 9.90 Å². The number of aromatic carboxylic acids is 1. The van der Waals surface area contributed by atoms with E-state index in [1.165, 1.54) is 6.07 Å². The standard InChI is InChI=1S/C5H2Cl2O2S/c6-3-1-2(5(8)9)4(7)10-3/h1H,(H,8,9)/p-1. The van der Waals surface area contributed by atoms with E-state index < -0.39 is 5.97 Å². The zero-order valence-electron chi connectivity index (χ0n) is 4.56. The lowest BCUT2D eigenvalue weighted by Crippen LogP contribution is -2.21. The van der Waals surface area contributed by atoms with Crippen LogP contribution in [0.4, 0.5) is 0 Å². The molecule has 0 N–H and O–H groups in total. The largest absolute Gasteiger partial charge is 0.545 e. The number of carboxylic acids is 1. The Hall–Kier alpha value is -0.250. The molecule has 0 aliphatic heterocycles. The summed E-state index contributed by atoms with van der Waals surface area (Å²) in [5.41, 5.74) is -0.0448. The highest BCUT2D eigenvalue weighted by atomic mass is 35.5. The second kappa shape index (κ2) is 2.78. The monoisotopic (exact) mass is 195 g/mol. The van der Waals surface area contributed by atoms with Gasteiger partial charge in [-0.25, -0.2) is 0 Å². The van der Waals surface area contributed by atoms with Crippen molar-refractivity contribution in [3.8, 4) is 0 Å². The zero-order chi connectivity index (χ0) is 7.72. The minimum absolute atomic E-state index is 0.0448. The summed E-state index contributed by atoms with van der Waals surface area (Å²) in [5.74, 6) is -1.30. The Balaban J connectivity index is 3.15. The molecule has 0 unspecified atom stereocenters. The third kappa shape index (κ3) is 1.42. The van der Waals surface area contributed by atoms with Crippen molar-refractivity contribution >= 4 is 40.5 Å². The van der Waals surface area contributed by atoms with Crippen molar-refractivity contribution < 1.29 is 9.90 Å². The van der Waals surface area contributed by atoms with Crippen LogP contribution in [0.1, 0.15) is 10.4 Å². The van der Waals surface area contributed by atoms with Crippen molar-refractivity contribution in [2.24, 2.45) is 0 Å². The molecule has 5 heteroatoms. The van der Waals surface area contributed by atoms with Crippen LogP contribution in [0, 0.1) is 0 Å². The molecule has 54 valence electrons. The molecule has 0 atom stereocenters. The van der Waals surface area contributed by atoms with Crippen molar-refractivity contribution in [2.75, 3.05) is 0 Å². The van der Waals surface area contributed by atoms with Gasteiger partial charge in [0.05, 0.1) is 10.3 Å². The highest BCUT2D eigenvalue weighted by molar-refractivity contribution is 7.20. The Morgan fingerprint density at radius 2 is 2.20 bits per heavy atom. The van der Waals surface area contributed by atoms with Gasteiger partial charge in [-0.2, -0.15) is 0 Å². The van der Waals surface area contributed by atoms with Crippen LogP contribution in [0.25, 0.3) is 0 Å². The lowest BCUT2D eigenvalue weighted by Gasteiger charge is -1.95. The molecule has 0 saturated heterocycles. The van der Waals surface area contributed by atoms with Crippen molar-refractivity contribution in [1.82, 2.24) is 0 Å². The molecule has 0 fully saturated rings. The highest BCUT2D eigenvalue weighted by Gasteiger charge is 2.05. The molecule has 0 bridgehead atoms. The van der Waals surface area contributed by atoms with Crippen molar-refractivity contribution in [2.45, 2.75) is 0 Å². The first kappa shape index (κ1) is 7.85. The van der Waals surface area contributed by atoms with Gasteiger partial charge in [0.15, 0.2) is 0 Å². The Bertz CT molecular complexity index is 269. The number of carbonyl (C=O) groups is 1. The third-order valence-electron chi connectivity index (χ3n) is 0.877. The molecule has 1 aromatic heterocycles. The minimum atomic E-state index is -1.30. The smallest absolute Gasteiger partial charge is 0.103 e. The van der Waals surface area contributed by atoms with E-state index in [9.17, 15) is 9.90 Å². The Labute approximate surface area is 71.0 Å². The Kier molecular flexibility index (Phi) is 2.18. The van der Waals surface area contributed by atoms with E-state index in [-0.39, 0.29) is 9.90 Å². The number of halogens is 2. The Morgan fingerprint density at radius 1 is 1.60 bits per heavy atom. The molecule has 0 aliphatic carbocycles. The summed E-state index contributed by atoms with van der Waals surface area (Å²) >= 11 is 11.9. The summed E-state index contributed by atoms with van der Waals surface area (Å²) in [6.45, 7) is 0. The van der Waals surface area contributed by atoms with E-state index in [0.29, 0.717) is 4.34 Å². The average molecular weight is 196 g/mol. The van der Waals surface area contributed by atoms with Gasteiger partial charge in [0, 0.05) is 5.56 Å². The fourth-order valence-corrected chi connectivity index (χ4v) is 1.92. The van der Waals surface area contributed by atoms with Gasteiger partial charge >= 0.3 is 0 Å². The van der Waals surface area contributed by atoms with E-state index in [1.54, 1.807) is 0 Å². The molecule has 0 aromatic carbocycles. The van der Waals surface area contributed by atoms with E-state index >= 15 is 0 Å². The fourth-order valence-electron chi connectivity index (χ4n) is 0.479. The van der Waals surface area contributed by atoms with Gasteiger partial charge in [0.25, 0.3) is 0 Å². The fraction of sp³-hybridized carbons (Fsp3) is 0. The molecule has 0 amide bonds. The van der Waals surface area contributed by atoms with Gasteiger partial charge in [0.1, 0.15) is 4.34 Å². The quantitative estimate of drug-likeness (QED) is 0.681. The first-order valence-electron chi connectivity index (χ1n) is 2.27. The number of hydrogen-bond acceptors (Lipinski definition) is 3. The average Bonchev–Trinajstić information content (AvgIpc) is 2.10. The molecule has 0 saturated carbocycles. The molecule has 10 heavy (non-hydrogen) atoms. The molecule has 1 rings (SSSR count). The van der Waals surface area contributed by atoms with Crippen LogP contribution in [0.3, 0.4) is 0 Å². The molecule has 0 radical (unpaired) electrons. The maximum atomic E-state index is 10.2. The predicted molar refractivity (Wildman–Crippen MR) is 38.7 cm³/mol. The molecular weight excluding hydrogens is 195 g/mol. The lowest BCUT2D eigenvalue weighted by atomic mass is 10.4. The Morgan fingerprint density at radius 3 is 2.40 bits per heavy atom. The second-order valence-corrected chi connectivity index (χ2v) is 3.81. The number of thiophene rings is 1. The summed E-state index contributed by atoms with van der Waals surface area (Å²) < 4.78 is 0.509. The number of carboxylic acid groups (broad SMARTS) is 1. The summed E-state index contributed by atoms with van der Waals surface area (Å²) in [6.07, 6.45) is 0. The van der Waals surface area contributed by atoms with Crippen molar-refractivity contribution in [3.05, 3.63) is 20.3 Å². The van der Waals surface area contributed by atoms with Crippen molar-refractivity contribution in [3.63, 3.8) is 0 Å². The van der Waals surface area contributed by atoms with Crippen LogP contribution in [0.5, 0.6) is 0 Å². The molecule has 1 heterocycles. The van der Waals surface area contributed by atoms with Gasteiger partial charge in [-0.3, -0.25) is 0 Å². The topological polar surface area (TPSA) is 40.1 Å². The number of carbonyl (C=O) groups excluding carboxylic acids is 1. The highest BCUT2D eigenvalue weighted by Crippen LogP contribution is 2.30. The molecular formula is C5HCl2O2S-. The maximum absolute atomic E-state index is 10.2. The second-order valence-electron chi connectivity index (χ2n) is 1.53. The third-order valence-corrected chi connectivity index (χ3v) is 2.36. The molecule has 1 aromatic rings. The van der Waals surface area contributed by atoms with E-state index in [0.717, 1.165) is 11.3 Å².